The Morgan fingerprint density at radius 1 is 0.903 bits per heavy atom. The molecule has 0 aliphatic heterocycles. The highest BCUT2D eigenvalue weighted by atomic mass is 127. The SMILES string of the molecule is CCNC(=NCc1ccc(Oc2ccccc2OC)cc1)NCCCOCCOC.I. The maximum absolute atomic E-state index is 5.91. The molecule has 0 spiro atoms. The van der Waals surface area contributed by atoms with E-state index in [9.17, 15) is 0 Å². The number of guanidine groups is 1. The van der Waals surface area contributed by atoms with Crippen molar-refractivity contribution >= 4 is 29.9 Å². The zero-order chi connectivity index (χ0) is 21.4. The lowest BCUT2D eigenvalue weighted by Crippen LogP contribution is -2.38. The van der Waals surface area contributed by atoms with Crippen molar-refractivity contribution in [3.63, 3.8) is 0 Å². The molecule has 0 amide bonds. The van der Waals surface area contributed by atoms with Gasteiger partial charge in [-0.15, -0.1) is 24.0 Å². The number of aliphatic imine (C=N–C) groups is 1. The highest BCUT2D eigenvalue weighted by Gasteiger charge is 2.04. The van der Waals surface area contributed by atoms with Crippen LogP contribution in [-0.2, 0) is 16.0 Å². The molecular formula is C23H34IN3O4. The van der Waals surface area contributed by atoms with E-state index in [1.165, 1.54) is 0 Å². The molecule has 0 saturated carbocycles. The summed E-state index contributed by atoms with van der Waals surface area (Å²) >= 11 is 0. The van der Waals surface area contributed by atoms with Crippen LogP contribution in [0.4, 0.5) is 0 Å². The van der Waals surface area contributed by atoms with Crippen molar-refractivity contribution in [2.45, 2.75) is 19.9 Å². The molecule has 0 atom stereocenters. The number of hydrogen-bond donors (Lipinski definition) is 2. The predicted octanol–water partition coefficient (Wildman–Crippen LogP) is 4.21. The third-order valence-electron chi connectivity index (χ3n) is 4.17. The van der Waals surface area contributed by atoms with Crippen molar-refractivity contribution in [2.75, 3.05) is 47.1 Å². The quantitative estimate of drug-likeness (QED) is 0.171. The van der Waals surface area contributed by atoms with Gasteiger partial charge in [-0.25, -0.2) is 4.99 Å². The van der Waals surface area contributed by atoms with E-state index in [1.807, 2.05) is 48.5 Å². The number of para-hydroxylation sites is 2. The zero-order valence-electron chi connectivity index (χ0n) is 18.6. The fraction of sp³-hybridized carbons (Fsp3) is 0.435. The third-order valence-corrected chi connectivity index (χ3v) is 4.17. The molecule has 0 aliphatic carbocycles. The standard InChI is InChI=1S/C23H33N3O4.HI/c1-4-24-23(25-14-7-15-29-17-16-27-2)26-18-19-10-12-20(13-11-19)30-22-9-6-5-8-21(22)28-3;/h5-6,8-13H,4,7,14-18H2,1-3H3,(H2,24,25,26);1H. The van der Waals surface area contributed by atoms with Crippen LogP contribution in [0.2, 0.25) is 0 Å². The van der Waals surface area contributed by atoms with E-state index < -0.39 is 0 Å². The highest BCUT2D eigenvalue weighted by Crippen LogP contribution is 2.30. The Bertz CT molecular complexity index is 757. The summed E-state index contributed by atoms with van der Waals surface area (Å²) in [6.07, 6.45) is 0.906. The van der Waals surface area contributed by atoms with Crippen LogP contribution in [0.3, 0.4) is 0 Å². The lowest BCUT2D eigenvalue weighted by Gasteiger charge is -2.12. The molecule has 2 aromatic rings. The van der Waals surface area contributed by atoms with E-state index in [-0.39, 0.29) is 24.0 Å². The lowest BCUT2D eigenvalue weighted by atomic mass is 10.2. The molecule has 0 heterocycles. The third kappa shape index (κ3) is 10.7. The average Bonchev–Trinajstić information content (AvgIpc) is 2.78. The molecule has 0 aliphatic rings. The minimum Gasteiger partial charge on any atom is -0.493 e. The fourth-order valence-corrected chi connectivity index (χ4v) is 2.63. The lowest BCUT2D eigenvalue weighted by molar-refractivity contribution is 0.0698. The normalized spacial score (nSPS) is 10.9. The van der Waals surface area contributed by atoms with Gasteiger partial charge in [0.15, 0.2) is 17.5 Å². The second kappa shape index (κ2) is 16.6. The smallest absolute Gasteiger partial charge is 0.191 e. The molecule has 0 bridgehead atoms. The number of ether oxygens (including phenoxy) is 4. The molecule has 2 N–H and O–H groups in total. The average molecular weight is 543 g/mol. The molecule has 0 saturated heterocycles. The van der Waals surface area contributed by atoms with Crippen molar-refractivity contribution in [3.05, 3.63) is 54.1 Å². The Labute approximate surface area is 202 Å². The van der Waals surface area contributed by atoms with Crippen LogP contribution < -0.4 is 20.1 Å². The summed E-state index contributed by atoms with van der Waals surface area (Å²) in [6.45, 7) is 6.18. The Morgan fingerprint density at radius 2 is 1.65 bits per heavy atom. The minimum atomic E-state index is 0. The van der Waals surface area contributed by atoms with Gasteiger partial charge in [-0.1, -0.05) is 24.3 Å². The molecule has 0 fully saturated rings. The number of nitrogens with zero attached hydrogens (tertiary/aromatic N) is 1. The van der Waals surface area contributed by atoms with Gasteiger partial charge in [0.2, 0.25) is 0 Å². The first-order valence-corrected chi connectivity index (χ1v) is 10.3. The van der Waals surface area contributed by atoms with E-state index in [0.29, 0.717) is 37.9 Å². The summed E-state index contributed by atoms with van der Waals surface area (Å²) in [5.41, 5.74) is 1.10. The van der Waals surface area contributed by atoms with Crippen molar-refractivity contribution in [1.82, 2.24) is 10.6 Å². The zero-order valence-corrected chi connectivity index (χ0v) is 20.9. The van der Waals surface area contributed by atoms with Gasteiger partial charge in [-0.2, -0.15) is 0 Å². The van der Waals surface area contributed by atoms with E-state index in [0.717, 1.165) is 36.8 Å². The first kappa shape index (κ1) is 27.0. The molecule has 0 unspecified atom stereocenters. The number of benzene rings is 2. The molecular weight excluding hydrogens is 509 g/mol. The minimum absolute atomic E-state index is 0. The van der Waals surface area contributed by atoms with Crippen LogP contribution in [0, 0.1) is 0 Å². The molecule has 7 nitrogen and oxygen atoms in total. The highest BCUT2D eigenvalue weighted by molar-refractivity contribution is 14.0. The van der Waals surface area contributed by atoms with Gasteiger partial charge in [0, 0.05) is 26.8 Å². The summed E-state index contributed by atoms with van der Waals surface area (Å²) < 4.78 is 21.7. The van der Waals surface area contributed by atoms with Crippen LogP contribution in [0.15, 0.2) is 53.5 Å². The topological polar surface area (TPSA) is 73.3 Å². The second-order valence-corrected chi connectivity index (χ2v) is 6.48. The summed E-state index contributed by atoms with van der Waals surface area (Å²) in [7, 11) is 3.30. The van der Waals surface area contributed by atoms with Crippen LogP contribution in [0.25, 0.3) is 0 Å². The first-order chi connectivity index (χ1) is 14.8. The number of halogens is 1. The Balaban J connectivity index is 0.00000480. The summed E-state index contributed by atoms with van der Waals surface area (Å²) in [6, 6.07) is 15.5. The fourth-order valence-electron chi connectivity index (χ4n) is 2.63. The number of hydrogen-bond acceptors (Lipinski definition) is 5. The Morgan fingerprint density at radius 3 is 2.32 bits per heavy atom. The molecule has 8 heteroatoms. The van der Waals surface area contributed by atoms with Gasteiger partial charge in [-0.3, -0.25) is 0 Å². The molecule has 31 heavy (non-hydrogen) atoms. The van der Waals surface area contributed by atoms with Gasteiger partial charge in [0.05, 0.1) is 26.9 Å². The van der Waals surface area contributed by atoms with Crippen LogP contribution in [0.1, 0.15) is 18.9 Å². The first-order valence-electron chi connectivity index (χ1n) is 10.3. The Hall–Kier alpha value is -2.04. The molecule has 0 radical (unpaired) electrons. The molecule has 2 aromatic carbocycles. The van der Waals surface area contributed by atoms with E-state index >= 15 is 0 Å². The van der Waals surface area contributed by atoms with Crippen molar-refractivity contribution in [2.24, 2.45) is 4.99 Å². The summed E-state index contributed by atoms with van der Waals surface area (Å²) in [5, 5.41) is 6.59. The van der Waals surface area contributed by atoms with E-state index in [1.54, 1.807) is 14.2 Å². The van der Waals surface area contributed by atoms with E-state index in [2.05, 4.69) is 22.5 Å². The van der Waals surface area contributed by atoms with Crippen LogP contribution in [0.5, 0.6) is 17.2 Å². The van der Waals surface area contributed by atoms with Gasteiger partial charge < -0.3 is 29.6 Å². The van der Waals surface area contributed by atoms with Gasteiger partial charge in [0.25, 0.3) is 0 Å². The molecule has 2 rings (SSSR count). The maximum atomic E-state index is 5.91. The van der Waals surface area contributed by atoms with Gasteiger partial charge >= 0.3 is 0 Å². The van der Waals surface area contributed by atoms with Crippen molar-refractivity contribution in [3.8, 4) is 17.2 Å². The van der Waals surface area contributed by atoms with Crippen molar-refractivity contribution < 1.29 is 18.9 Å². The number of nitrogens with one attached hydrogen (secondary N) is 2. The molecule has 172 valence electrons. The van der Waals surface area contributed by atoms with Gasteiger partial charge in [0.1, 0.15) is 5.75 Å². The summed E-state index contributed by atoms with van der Waals surface area (Å²) in [5.74, 6) is 2.95. The van der Waals surface area contributed by atoms with Crippen molar-refractivity contribution in [1.29, 1.82) is 0 Å². The molecule has 0 aromatic heterocycles. The van der Waals surface area contributed by atoms with Crippen LogP contribution in [-0.4, -0.2) is 53.1 Å². The number of methoxy groups -OCH3 is 2. The van der Waals surface area contributed by atoms with E-state index in [4.69, 9.17) is 18.9 Å². The second-order valence-electron chi connectivity index (χ2n) is 6.48. The predicted molar refractivity (Wildman–Crippen MR) is 135 cm³/mol. The Kier molecular flexibility index (Phi) is 14.5. The number of rotatable bonds is 13. The monoisotopic (exact) mass is 543 g/mol. The maximum Gasteiger partial charge on any atom is 0.191 e. The van der Waals surface area contributed by atoms with Crippen LogP contribution >= 0.6 is 24.0 Å². The summed E-state index contributed by atoms with van der Waals surface area (Å²) in [4.78, 5) is 4.64. The van der Waals surface area contributed by atoms with Gasteiger partial charge in [-0.05, 0) is 43.2 Å². The largest absolute Gasteiger partial charge is 0.493 e.